The van der Waals surface area contributed by atoms with Gasteiger partial charge in [-0.05, 0) is 30.3 Å². The molecule has 2 aromatic carbocycles. The Morgan fingerprint density at radius 1 is 0.880 bits per heavy atom. The standard InChI is InChI=1S/C21H15N4/c1-2-6-16(7-3-1)24-18-8-4-5-9-19(18)25-20(24)14-23-13-15-12-22-11-10-17(15)21(23)25/h1-12,14H,13H2/q+1. The van der Waals surface area contributed by atoms with Gasteiger partial charge in [-0.15, -0.1) is 0 Å². The van der Waals surface area contributed by atoms with Gasteiger partial charge >= 0.3 is 0 Å². The average molecular weight is 323 g/mol. The molecule has 0 fully saturated rings. The monoisotopic (exact) mass is 323 g/mol. The number of hydrogen-bond donors (Lipinski definition) is 0. The van der Waals surface area contributed by atoms with E-state index in [9.17, 15) is 0 Å². The first-order chi connectivity index (χ1) is 12.4. The van der Waals surface area contributed by atoms with Crippen LogP contribution in [0.15, 0.2) is 79.3 Å². The Labute approximate surface area is 144 Å². The van der Waals surface area contributed by atoms with E-state index < -0.39 is 0 Å². The van der Waals surface area contributed by atoms with Crippen molar-refractivity contribution in [2.75, 3.05) is 0 Å². The molecule has 0 bridgehead atoms. The predicted molar refractivity (Wildman–Crippen MR) is 96.8 cm³/mol. The molecular formula is C21H15N4+. The summed E-state index contributed by atoms with van der Waals surface area (Å²) in [5, 5.41) is 0. The minimum Gasteiger partial charge on any atom is -0.270 e. The Bertz CT molecular complexity index is 1260. The highest BCUT2D eigenvalue weighted by Gasteiger charge is 2.33. The number of nitrogens with zero attached hydrogens (tertiary/aromatic N) is 4. The van der Waals surface area contributed by atoms with E-state index in [4.69, 9.17) is 0 Å². The molecule has 0 saturated heterocycles. The number of para-hydroxylation sites is 3. The fraction of sp³-hybridized carbons (Fsp3) is 0.0476. The van der Waals surface area contributed by atoms with Crippen molar-refractivity contribution in [3.63, 3.8) is 0 Å². The Morgan fingerprint density at radius 3 is 2.56 bits per heavy atom. The summed E-state index contributed by atoms with van der Waals surface area (Å²) in [6, 6.07) is 21.3. The molecule has 0 aliphatic carbocycles. The highest BCUT2D eigenvalue weighted by Crippen LogP contribution is 2.33. The van der Waals surface area contributed by atoms with Crippen LogP contribution in [0.3, 0.4) is 0 Å². The molecule has 118 valence electrons. The number of imidazole rings is 2. The van der Waals surface area contributed by atoms with E-state index in [1.165, 1.54) is 39.3 Å². The number of pyridine rings is 1. The van der Waals surface area contributed by atoms with Crippen LogP contribution >= 0.6 is 0 Å². The molecule has 0 radical (unpaired) electrons. The maximum Gasteiger partial charge on any atom is 0.296 e. The minimum atomic E-state index is 0.878. The van der Waals surface area contributed by atoms with Gasteiger partial charge in [-0.1, -0.05) is 30.3 Å². The van der Waals surface area contributed by atoms with Crippen molar-refractivity contribution >= 4 is 16.7 Å². The Kier molecular flexibility index (Phi) is 2.37. The van der Waals surface area contributed by atoms with Crippen LogP contribution in [0.2, 0.25) is 0 Å². The van der Waals surface area contributed by atoms with Gasteiger partial charge in [0, 0.05) is 23.6 Å². The first kappa shape index (κ1) is 13.0. The summed E-state index contributed by atoms with van der Waals surface area (Å²) in [4.78, 5) is 4.29. The minimum absolute atomic E-state index is 0.878. The smallest absolute Gasteiger partial charge is 0.270 e. The summed E-state index contributed by atoms with van der Waals surface area (Å²) < 4.78 is 7.03. The molecule has 5 aromatic rings. The lowest BCUT2D eigenvalue weighted by Gasteiger charge is -2.02. The summed E-state index contributed by atoms with van der Waals surface area (Å²) in [7, 11) is 0. The zero-order valence-corrected chi connectivity index (χ0v) is 13.5. The number of fused-ring (bicyclic) bond motifs is 7. The topological polar surface area (TPSA) is 26.1 Å². The molecule has 0 atom stereocenters. The van der Waals surface area contributed by atoms with Gasteiger partial charge in [-0.3, -0.25) is 9.55 Å². The third-order valence-corrected chi connectivity index (χ3v) is 5.08. The molecule has 6 rings (SSSR count). The van der Waals surface area contributed by atoms with Crippen molar-refractivity contribution in [2.45, 2.75) is 6.54 Å². The second kappa shape index (κ2) is 4.57. The number of rotatable bonds is 1. The summed E-state index contributed by atoms with van der Waals surface area (Å²) in [6.07, 6.45) is 6.11. The van der Waals surface area contributed by atoms with Crippen LogP contribution in [0.5, 0.6) is 0 Å². The molecule has 4 heteroatoms. The van der Waals surface area contributed by atoms with Gasteiger partial charge in [-0.25, -0.2) is 4.57 Å². The summed E-state index contributed by atoms with van der Waals surface area (Å²) in [5.74, 6) is 1.23. The van der Waals surface area contributed by atoms with Crippen LogP contribution < -0.4 is 4.57 Å². The zero-order valence-electron chi connectivity index (χ0n) is 13.5. The summed E-state index contributed by atoms with van der Waals surface area (Å²) >= 11 is 0. The Hall–Kier alpha value is -3.40. The second-order valence-electron chi connectivity index (χ2n) is 6.47. The molecule has 0 N–H and O–H groups in total. The molecular weight excluding hydrogens is 308 g/mol. The van der Waals surface area contributed by atoms with E-state index >= 15 is 0 Å². The maximum absolute atomic E-state index is 4.29. The van der Waals surface area contributed by atoms with Crippen molar-refractivity contribution < 1.29 is 4.57 Å². The molecule has 3 aromatic heterocycles. The first-order valence-electron chi connectivity index (χ1n) is 8.45. The van der Waals surface area contributed by atoms with Gasteiger partial charge < -0.3 is 0 Å². The number of hydrogen-bond acceptors (Lipinski definition) is 1. The Morgan fingerprint density at radius 2 is 1.68 bits per heavy atom. The Balaban J connectivity index is 1.81. The van der Waals surface area contributed by atoms with E-state index in [0.29, 0.717) is 0 Å². The van der Waals surface area contributed by atoms with Gasteiger partial charge in [-0.2, -0.15) is 4.40 Å². The van der Waals surface area contributed by atoms with Crippen molar-refractivity contribution in [3.8, 4) is 17.1 Å². The van der Waals surface area contributed by atoms with Crippen LogP contribution in [-0.4, -0.2) is 14.0 Å². The fourth-order valence-electron chi connectivity index (χ4n) is 4.06. The quantitative estimate of drug-likeness (QED) is 0.425. The lowest BCUT2D eigenvalue weighted by Crippen LogP contribution is -2.29. The van der Waals surface area contributed by atoms with Gasteiger partial charge in [0.25, 0.3) is 11.5 Å². The van der Waals surface area contributed by atoms with Crippen molar-refractivity contribution in [2.24, 2.45) is 0 Å². The molecule has 0 saturated carbocycles. The lowest BCUT2D eigenvalue weighted by atomic mass is 10.2. The second-order valence-corrected chi connectivity index (χ2v) is 6.47. The maximum atomic E-state index is 4.29. The fourth-order valence-corrected chi connectivity index (χ4v) is 4.06. The van der Waals surface area contributed by atoms with Crippen LogP contribution in [0.25, 0.3) is 33.8 Å². The molecule has 0 spiro atoms. The normalized spacial score (nSPS) is 12.6. The molecule has 0 amide bonds. The van der Waals surface area contributed by atoms with E-state index in [-0.39, 0.29) is 0 Å². The molecule has 25 heavy (non-hydrogen) atoms. The van der Waals surface area contributed by atoms with Crippen LogP contribution in [0, 0.1) is 0 Å². The van der Waals surface area contributed by atoms with Gasteiger partial charge in [0.1, 0.15) is 6.54 Å². The molecule has 1 aliphatic rings. The van der Waals surface area contributed by atoms with Crippen molar-refractivity contribution in [3.05, 3.63) is 84.8 Å². The van der Waals surface area contributed by atoms with Crippen LogP contribution in [0.4, 0.5) is 0 Å². The van der Waals surface area contributed by atoms with Gasteiger partial charge in [0.2, 0.25) is 0 Å². The molecule has 0 unspecified atom stereocenters. The average Bonchev–Trinajstić information content (AvgIpc) is 3.28. The molecule has 4 nitrogen and oxygen atoms in total. The predicted octanol–water partition coefficient (Wildman–Crippen LogP) is 3.59. The number of aromatic nitrogens is 4. The summed E-state index contributed by atoms with van der Waals surface area (Å²) in [6.45, 7) is 0.878. The van der Waals surface area contributed by atoms with Crippen LogP contribution in [0.1, 0.15) is 5.56 Å². The SMILES string of the molecule is c1ccc(-n2c3ccccc3n3c4[n+](cc23)Cc2cnccc2-4)cc1. The van der Waals surface area contributed by atoms with E-state index in [0.717, 1.165) is 6.54 Å². The van der Waals surface area contributed by atoms with E-state index in [1.807, 2.05) is 12.4 Å². The summed E-state index contributed by atoms with van der Waals surface area (Å²) in [5.41, 5.74) is 7.36. The van der Waals surface area contributed by atoms with E-state index in [1.54, 1.807) is 0 Å². The highest BCUT2D eigenvalue weighted by molar-refractivity contribution is 5.86. The van der Waals surface area contributed by atoms with Crippen LogP contribution in [-0.2, 0) is 6.54 Å². The largest absolute Gasteiger partial charge is 0.296 e. The van der Waals surface area contributed by atoms with E-state index in [2.05, 4.69) is 85.4 Å². The van der Waals surface area contributed by atoms with Crippen molar-refractivity contribution in [1.82, 2.24) is 14.0 Å². The van der Waals surface area contributed by atoms with Gasteiger partial charge in [0.15, 0.2) is 11.7 Å². The number of benzene rings is 2. The lowest BCUT2D eigenvalue weighted by molar-refractivity contribution is -0.670. The third-order valence-electron chi connectivity index (χ3n) is 5.08. The van der Waals surface area contributed by atoms with Gasteiger partial charge in [0.05, 0.1) is 11.1 Å². The first-order valence-corrected chi connectivity index (χ1v) is 8.45. The molecule has 4 heterocycles. The highest BCUT2D eigenvalue weighted by atomic mass is 15.2. The molecule has 1 aliphatic heterocycles. The van der Waals surface area contributed by atoms with Crippen molar-refractivity contribution in [1.29, 1.82) is 0 Å². The zero-order chi connectivity index (χ0) is 16.4. The third kappa shape index (κ3) is 1.61.